The smallest absolute Gasteiger partial charge is 0.330 e. The highest BCUT2D eigenvalue weighted by atomic mass is 79.9. The van der Waals surface area contributed by atoms with Crippen LogP contribution in [0.15, 0.2) is 28.7 Å². The molecule has 0 spiro atoms. The van der Waals surface area contributed by atoms with Gasteiger partial charge in [-0.15, -0.1) is 0 Å². The van der Waals surface area contributed by atoms with E-state index in [4.69, 9.17) is 10.00 Å². The van der Waals surface area contributed by atoms with E-state index < -0.39 is 11.9 Å². The molecular formula is C14H13BrN2O3. The highest BCUT2D eigenvalue weighted by Gasteiger charge is 2.06. The highest BCUT2D eigenvalue weighted by Crippen LogP contribution is 2.22. The summed E-state index contributed by atoms with van der Waals surface area (Å²) in [6.45, 7) is 2.02. The summed E-state index contributed by atoms with van der Waals surface area (Å²) >= 11 is 3.32. The molecule has 0 heterocycles. The number of carbonyl (C=O) groups excluding carboxylic acids is 2. The van der Waals surface area contributed by atoms with Gasteiger partial charge >= 0.3 is 5.97 Å². The minimum absolute atomic E-state index is 0.225. The standard InChI is InChI=1S/C14H13BrN2O3/c1-2-20-14(19)6-3-10-9-11(15)4-5-12(10)17-13(18)7-8-16/h3-6,9H,2,7H2,1H3,(H,17,18). The summed E-state index contributed by atoms with van der Waals surface area (Å²) in [4.78, 5) is 22.7. The molecule has 1 aromatic carbocycles. The number of nitriles is 1. The van der Waals surface area contributed by atoms with Crippen LogP contribution in [0.3, 0.4) is 0 Å². The molecule has 1 aromatic rings. The summed E-state index contributed by atoms with van der Waals surface area (Å²) in [5.74, 6) is -0.859. The largest absolute Gasteiger partial charge is 0.463 e. The molecule has 0 bridgehead atoms. The quantitative estimate of drug-likeness (QED) is 0.662. The lowest BCUT2D eigenvalue weighted by atomic mass is 10.1. The first-order valence-corrected chi connectivity index (χ1v) is 6.67. The molecule has 6 heteroatoms. The summed E-state index contributed by atoms with van der Waals surface area (Å²) in [6.07, 6.45) is 2.60. The van der Waals surface area contributed by atoms with Crippen molar-refractivity contribution in [1.29, 1.82) is 5.26 Å². The molecule has 0 radical (unpaired) electrons. The first-order valence-electron chi connectivity index (χ1n) is 5.88. The summed E-state index contributed by atoms with van der Waals surface area (Å²) in [6, 6.07) is 6.96. The van der Waals surface area contributed by atoms with Gasteiger partial charge in [-0.1, -0.05) is 15.9 Å². The van der Waals surface area contributed by atoms with Crippen LogP contribution < -0.4 is 5.32 Å². The number of halogens is 1. The Morgan fingerprint density at radius 3 is 2.90 bits per heavy atom. The normalized spacial score (nSPS) is 10.1. The molecule has 0 aromatic heterocycles. The predicted octanol–water partition coefficient (Wildman–Crippen LogP) is 2.88. The molecular weight excluding hydrogens is 324 g/mol. The van der Waals surface area contributed by atoms with Gasteiger partial charge in [0.1, 0.15) is 6.42 Å². The Morgan fingerprint density at radius 2 is 2.25 bits per heavy atom. The molecule has 0 saturated heterocycles. The van der Waals surface area contributed by atoms with Crippen LogP contribution in [-0.4, -0.2) is 18.5 Å². The highest BCUT2D eigenvalue weighted by molar-refractivity contribution is 9.10. The van der Waals surface area contributed by atoms with Crippen LogP contribution in [-0.2, 0) is 14.3 Å². The number of esters is 1. The lowest BCUT2D eigenvalue weighted by Gasteiger charge is -2.07. The third-order valence-corrected chi connectivity index (χ3v) is 2.71. The molecule has 20 heavy (non-hydrogen) atoms. The van der Waals surface area contributed by atoms with E-state index in [1.165, 1.54) is 6.08 Å². The SMILES string of the molecule is CCOC(=O)C=Cc1cc(Br)ccc1NC(=O)CC#N. The first-order chi connectivity index (χ1) is 9.56. The third-order valence-electron chi connectivity index (χ3n) is 2.21. The second-order valence-electron chi connectivity index (χ2n) is 3.70. The fourth-order valence-corrected chi connectivity index (χ4v) is 1.78. The molecule has 104 valence electrons. The molecule has 0 saturated carbocycles. The number of benzene rings is 1. The van der Waals surface area contributed by atoms with E-state index >= 15 is 0 Å². The zero-order valence-electron chi connectivity index (χ0n) is 10.9. The van der Waals surface area contributed by atoms with Crippen LogP contribution >= 0.6 is 15.9 Å². The van der Waals surface area contributed by atoms with Crippen LogP contribution in [0, 0.1) is 11.3 Å². The van der Waals surface area contributed by atoms with Crippen molar-refractivity contribution in [1.82, 2.24) is 0 Å². The Morgan fingerprint density at radius 1 is 1.50 bits per heavy atom. The van der Waals surface area contributed by atoms with E-state index in [-0.39, 0.29) is 6.42 Å². The van der Waals surface area contributed by atoms with E-state index in [0.29, 0.717) is 17.9 Å². The summed E-state index contributed by atoms with van der Waals surface area (Å²) in [5.41, 5.74) is 1.16. The predicted molar refractivity (Wildman–Crippen MR) is 78.7 cm³/mol. The van der Waals surface area contributed by atoms with Crippen molar-refractivity contribution >= 4 is 39.6 Å². The maximum absolute atomic E-state index is 11.4. The van der Waals surface area contributed by atoms with Gasteiger partial charge in [-0.05, 0) is 36.8 Å². The van der Waals surface area contributed by atoms with E-state index in [1.54, 1.807) is 37.3 Å². The number of nitrogens with zero attached hydrogens (tertiary/aromatic N) is 1. The van der Waals surface area contributed by atoms with Crippen molar-refractivity contribution in [3.63, 3.8) is 0 Å². The topological polar surface area (TPSA) is 79.2 Å². The molecule has 0 fully saturated rings. The lowest BCUT2D eigenvalue weighted by Crippen LogP contribution is -2.11. The van der Waals surface area contributed by atoms with E-state index in [9.17, 15) is 9.59 Å². The Labute approximate surface area is 125 Å². The van der Waals surface area contributed by atoms with Crippen LogP contribution in [0.4, 0.5) is 5.69 Å². The fraction of sp³-hybridized carbons (Fsp3) is 0.214. The first kappa shape index (κ1) is 15.9. The van der Waals surface area contributed by atoms with E-state index in [0.717, 1.165) is 4.47 Å². The van der Waals surface area contributed by atoms with Crippen molar-refractivity contribution in [3.05, 3.63) is 34.3 Å². The zero-order chi connectivity index (χ0) is 15.0. The molecule has 0 aliphatic carbocycles. The summed E-state index contributed by atoms with van der Waals surface area (Å²) in [5, 5.41) is 11.1. The Hall–Kier alpha value is -2.13. The minimum atomic E-state index is -0.457. The van der Waals surface area contributed by atoms with Gasteiger partial charge in [0.25, 0.3) is 0 Å². The van der Waals surface area contributed by atoms with Crippen LogP contribution in [0.1, 0.15) is 18.9 Å². The monoisotopic (exact) mass is 336 g/mol. The molecule has 1 N–H and O–H groups in total. The number of hydrogen-bond donors (Lipinski definition) is 1. The number of nitrogens with one attached hydrogen (secondary N) is 1. The Kier molecular flexibility index (Phi) is 6.47. The van der Waals surface area contributed by atoms with Gasteiger partial charge in [-0.3, -0.25) is 4.79 Å². The average Bonchev–Trinajstić information content (AvgIpc) is 2.39. The summed E-state index contributed by atoms with van der Waals surface area (Å²) < 4.78 is 5.59. The van der Waals surface area contributed by atoms with E-state index in [1.807, 2.05) is 0 Å². The van der Waals surface area contributed by atoms with Gasteiger partial charge in [-0.2, -0.15) is 5.26 Å². The summed E-state index contributed by atoms with van der Waals surface area (Å²) in [7, 11) is 0. The van der Waals surface area contributed by atoms with Crippen molar-refractivity contribution in [3.8, 4) is 6.07 Å². The fourth-order valence-electron chi connectivity index (χ4n) is 1.40. The average molecular weight is 337 g/mol. The molecule has 0 aliphatic rings. The Balaban J connectivity index is 2.93. The van der Waals surface area contributed by atoms with Crippen molar-refractivity contribution < 1.29 is 14.3 Å². The molecule has 1 amide bonds. The molecule has 1 rings (SSSR count). The van der Waals surface area contributed by atoms with Crippen molar-refractivity contribution in [2.75, 3.05) is 11.9 Å². The minimum Gasteiger partial charge on any atom is -0.463 e. The number of ether oxygens (including phenoxy) is 1. The van der Waals surface area contributed by atoms with Gasteiger partial charge in [0.15, 0.2) is 0 Å². The number of anilines is 1. The molecule has 0 atom stereocenters. The van der Waals surface area contributed by atoms with E-state index in [2.05, 4.69) is 21.2 Å². The maximum Gasteiger partial charge on any atom is 0.330 e. The molecule has 5 nitrogen and oxygen atoms in total. The third kappa shape index (κ3) is 5.24. The molecule has 0 aliphatic heterocycles. The van der Waals surface area contributed by atoms with Gasteiger partial charge < -0.3 is 10.1 Å². The molecule has 0 unspecified atom stereocenters. The van der Waals surface area contributed by atoms with Crippen LogP contribution in [0.25, 0.3) is 6.08 Å². The maximum atomic E-state index is 11.4. The van der Waals surface area contributed by atoms with Gasteiger partial charge in [-0.25, -0.2) is 4.79 Å². The number of amides is 1. The Bertz CT molecular complexity index is 576. The zero-order valence-corrected chi connectivity index (χ0v) is 12.4. The lowest BCUT2D eigenvalue weighted by molar-refractivity contribution is -0.137. The van der Waals surface area contributed by atoms with Crippen LogP contribution in [0.5, 0.6) is 0 Å². The van der Waals surface area contributed by atoms with Gasteiger partial charge in [0.05, 0.1) is 12.7 Å². The van der Waals surface area contributed by atoms with Crippen molar-refractivity contribution in [2.24, 2.45) is 0 Å². The van der Waals surface area contributed by atoms with Gasteiger partial charge in [0.2, 0.25) is 5.91 Å². The number of rotatable bonds is 5. The second kappa shape index (κ2) is 8.12. The van der Waals surface area contributed by atoms with Crippen molar-refractivity contribution in [2.45, 2.75) is 13.3 Å². The van der Waals surface area contributed by atoms with Crippen LogP contribution in [0.2, 0.25) is 0 Å². The van der Waals surface area contributed by atoms with Gasteiger partial charge in [0, 0.05) is 16.2 Å². The number of carbonyl (C=O) groups is 2. The second-order valence-corrected chi connectivity index (χ2v) is 4.62. The number of hydrogen-bond acceptors (Lipinski definition) is 4.